The zero-order valence-corrected chi connectivity index (χ0v) is 9.91. The number of nitrogens with two attached hydrogens (primary N) is 1. The molecule has 17 heavy (non-hydrogen) atoms. The molecule has 0 saturated carbocycles. The maximum atomic E-state index is 12.9. The zero-order chi connectivity index (χ0) is 11.4. The van der Waals surface area contributed by atoms with Crippen LogP contribution in [0.15, 0.2) is 48.5 Å². The maximum Gasteiger partial charge on any atom is 0.130 e. The minimum Gasteiger partial charge on any atom is -0.457 e. The van der Waals surface area contributed by atoms with Crippen molar-refractivity contribution in [3.8, 4) is 11.5 Å². The van der Waals surface area contributed by atoms with E-state index in [2.05, 4.69) is 0 Å². The number of hydrogen-bond acceptors (Lipinski definition) is 2. The molecule has 0 heterocycles. The molecule has 0 atom stereocenters. The van der Waals surface area contributed by atoms with E-state index >= 15 is 0 Å². The topological polar surface area (TPSA) is 35.2 Å². The SMILES string of the molecule is Cl.NCc1ccc(Oc2cccc(F)c2)cc1. The third kappa shape index (κ3) is 3.73. The van der Waals surface area contributed by atoms with Gasteiger partial charge < -0.3 is 10.5 Å². The van der Waals surface area contributed by atoms with E-state index in [1.807, 2.05) is 24.3 Å². The summed E-state index contributed by atoms with van der Waals surface area (Å²) in [6, 6.07) is 13.4. The van der Waals surface area contributed by atoms with Crippen LogP contribution in [0.4, 0.5) is 4.39 Å². The molecular formula is C13H13ClFNO. The van der Waals surface area contributed by atoms with Crippen LogP contribution >= 0.6 is 12.4 Å². The lowest BCUT2D eigenvalue weighted by atomic mass is 10.2. The van der Waals surface area contributed by atoms with Crippen molar-refractivity contribution >= 4 is 12.4 Å². The van der Waals surface area contributed by atoms with E-state index in [0.29, 0.717) is 18.0 Å². The van der Waals surface area contributed by atoms with Gasteiger partial charge in [-0.15, -0.1) is 12.4 Å². The Labute approximate surface area is 106 Å². The van der Waals surface area contributed by atoms with Crippen molar-refractivity contribution in [2.75, 3.05) is 0 Å². The number of benzene rings is 2. The van der Waals surface area contributed by atoms with Crippen molar-refractivity contribution in [1.82, 2.24) is 0 Å². The summed E-state index contributed by atoms with van der Waals surface area (Å²) in [5.41, 5.74) is 6.52. The largest absolute Gasteiger partial charge is 0.457 e. The summed E-state index contributed by atoms with van der Waals surface area (Å²) < 4.78 is 18.4. The highest BCUT2D eigenvalue weighted by atomic mass is 35.5. The highest BCUT2D eigenvalue weighted by molar-refractivity contribution is 5.85. The molecule has 2 aromatic carbocycles. The van der Waals surface area contributed by atoms with Gasteiger partial charge in [0.2, 0.25) is 0 Å². The lowest BCUT2D eigenvalue weighted by molar-refractivity contribution is 0.476. The first-order chi connectivity index (χ1) is 7.78. The third-order valence-corrected chi connectivity index (χ3v) is 2.19. The molecule has 0 aliphatic rings. The van der Waals surface area contributed by atoms with E-state index in [1.165, 1.54) is 12.1 Å². The average molecular weight is 254 g/mol. The molecule has 90 valence electrons. The number of ether oxygens (including phenoxy) is 1. The lowest BCUT2D eigenvalue weighted by Crippen LogP contribution is -1.95. The van der Waals surface area contributed by atoms with Gasteiger partial charge in [0.1, 0.15) is 17.3 Å². The van der Waals surface area contributed by atoms with Crippen LogP contribution in [0.1, 0.15) is 5.56 Å². The van der Waals surface area contributed by atoms with Crippen molar-refractivity contribution in [2.45, 2.75) is 6.54 Å². The molecule has 2 aromatic rings. The molecule has 0 unspecified atom stereocenters. The molecule has 0 radical (unpaired) electrons. The molecule has 2 N–H and O–H groups in total. The fraction of sp³-hybridized carbons (Fsp3) is 0.0769. The molecule has 0 aliphatic carbocycles. The van der Waals surface area contributed by atoms with Crippen molar-refractivity contribution in [3.63, 3.8) is 0 Å². The molecule has 0 aromatic heterocycles. The van der Waals surface area contributed by atoms with E-state index in [-0.39, 0.29) is 18.2 Å². The summed E-state index contributed by atoms with van der Waals surface area (Å²) in [7, 11) is 0. The first-order valence-electron chi connectivity index (χ1n) is 5.00. The Balaban J connectivity index is 0.00000144. The van der Waals surface area contributed by atoms with Gasteiger partial charge in [0.15, 0.2) is 0 Å². The van der Waals surface area contributed by atoms with Gasteiger partial charge in [-0.3, -0.25) is 0 Å². The van der Waals surface area contributed by atoms with Gasteiger partial charge in [-0.2, -0.15) is 0 Å². The summed E-state index contributed by atoms with van der Waals surface area (Å²) in [6.07, 6.45) is 0. The minimum absolute atomic E-state index is 0. The van der Waals surface area contributed by atoms with E-state index < -0.39 is 0 Å². The van der Waals surface area contributed by atoms with Crippen LogP contribution in [-0.4, -0.2) is 0 Å². The molecule has 4 heteroatoms. The van der Waals surface area contributed by atoms with Crippen LogP contribution in [-0.2, 0) is 6.54 Å². The first-order valence-corrected chi connectivity index (χ1v) is 5.00. The second-order valence-electron chi connectivity index (χ2n) is 3.41. The van der Waals surface area contributed by atoms with Gasteiger partial charge in [-0.25, -0.2) is 4.39 Å². The predicted octanol–water partition coefficient (Wildman–Crippen LogP) is 3.50. The Kier molecular flexibility index (Phi) is 4.94. The van der Waals surface area contributed by atoms with Gasteiger partial charge in [-0.05, 0) is 29.8 Å². The van der Waals surface area contributed by atoms with E-state index in [9.17, 15) is 4.39 Å². The van der Waals surface area contributed by atoms with Gasteiger partial charge >= 0.3 is 0 Å². The Morgan fingerprint density at radius 3 is 2.29 bits per heavy atom. The standard InChI is InChI=1S/C13H12FNO.ClH/c14-11-2-1-3-13(8-11)16-12-6-4-10(9-15)5-7-12;/h1-8H,9,15H2;1H. The maximum absolute atomic E-state index is 12.9. The minimum atomic E-state index is -0.309. The van der Waals surface area contributed by atoms with Gasteiger partial charge in [0, 0.05) is 12.6 Å². The van der Waals surface area contributed by atoms with Gasteiger partial charge in [-0.1, -0.05) is 18.2 Å². The summed E-state index contributed by atoms with van der Waals surface area (Å²) >= 11 is 0. The predicted molar refractivity (Wildman–Crippen MR) is 68.1 cm³/mol. The highest BCUT2D eigenvalue weighted by Gasteiger charge is 1.98. The average Bonchev–Trinajstić information content (AvgIpc) is 2.30. The normalized spacial score (nSPS) is 9.53. The second-order valence-corrected chi connectivity index (χ2v) is 3.41. The van der Waals surface area contributed by atoms with Crippen molar-refractivity contribution in [3.05, 3.63) is 59.9 Å². The lowest BCUT2D eigenvalue weighted by Gasteiger charge is -2.06. The number of hydrogen-bond donors (Lipinski definition) is 1. The molecule has 0 fully saturated rings. The van der Waals surface area contributed by atoms with Crippen molar-refractivity contribution in [1.29, 1.82) is 0 Å². The molecule has 0 amide bonds. The molecule has 0 spiro atoms. The smallest absolute Gasteiger partial charge is 0.130 e. The Hall–Kier alpha value is -1.58. The molecule has 0 saturated heterocycles. The fourth-order valence-corrected chi connectivity index (χ4v) is 1.36. The zero-order valence-electron chi connectivity index (χ0n) is 9.10. The summed E-state index contributed by atoms with van der Waals surface area (Å²) in [5.74, 6) is 0.847. The van der Waals surface area contributed by atoms with Crippen LogP contribution in [0.5, 0.6) is 11.5 Å². The molecule has 0 bridgehead atoms. The molecular weight excluding hydrogens is 241 g/mol. The number of halogens is 2. The molecule has 0 aliphatic heterocycles. The van der Waals surface area contributed by atoms with E-state index in [0.717, 1.165) is 5.56 Å². The van der Waals surface area contributed by atoms with Crippen LogP contribution in [0, 0.1) is 5.82 Å². The van der Waals surface area contributed by atoms with Crippen LogP contribution in [0.25, 0.3) is 0 Å². The molecule has 2 rings (SSSR count). The van der Waals surface area contributed by atoms with Gasteiger partial charge in [0.25, 0.3) is 0 Å². The summed E-state index contributed by atoms with van der Waals surface area (Å²) in [5, 5.41) is 0. The van der Waals surface area contributed by atoms with Crippen molar-refractivity contribution < 1.29 is 9.13 Å². The van der Waals surface area contributed by atoms with E-state index in [1.54, 1.807) is 12.1 Å². The molecule has 2 nitrogen and oxygen atoms in total. The van der Waals surface area contributed by atoms with Crippen LogP contribution < -0.4 is 10.5 Å². The van der Waals surface area contributed by atoms with Crippen LogP contribution in [0.3, 0.4) is 0 Å². The Morgan fingerprint density at radius 1 is 1.00 bits per heavy atom. The second kappa shape index (κ2) is 6.23. The van der Waals surface area contributed by atoms with Crippen LogP contribution in [0.2, 0.25) is 0 Å². The first kappa shape index (κ1) is 13.5. The monoisotopic (exact) mass is 253 g/mol. The third-order valence-electron chi connectivity index (χ3n) is 2.19. The van der Waals surface area contributed by atoms with Gasteiger partial charge in [0.05, 0.1) is 0 Å². The number of rotatable bonds is 3. The Bertz CT molecular complexity index is 473. The summed E-state index contributed by atoms with van der Waals surface area (Å²) in [6.45, 7) is 0.500. The quantitative estimate of drug-likeness (QED) is 0.909. The summed E-state index contributed by atoms with van der Waals surface area (Å²) in [4.78, 5) is 0. The fourth-order valence-electron chi connectivity index (χ4n) is 1.36. The highest BCUT2D eigenvalue weighted by Crippen LogP contribution is 2.21. The van der Waals surface area contributed by atoms with Crippen molar-refractivity contribution in [2.24, 2.45) is 5.73 Å². The Morgan fingerprint density at radius 2 is 1.71 bits per heavy atom. The van der Waals surface area contributed by atoms with E-state index in [4.69, 9.17) is 10.5 Å².